The van der Waals surface area contributed by atoms with E-state index in [2.05, 4.69) is 39.4 Å². The molecule has 0 bridgehead atoms. The summed E-state index contributed by atoms with van der Waals surface area (Å²) in [5.41, 5.74) is 0. The van der Waals surface area contributed by atoms with Gasteiger partial charge in [0.15, 0.2) is 0 Å². The summed E-state index contributed by atoms with van der Waals surface area (Å²) in [5, 5.41) is 0. The first kappa shape index (κ1) is 20.4. The van der Waals surface area contributed by atoms with E-state index >= 15 is 0 Å². The number of nitrogens with zero attached hydrogens (tertiary/aromatic N) is 1. The number of benzene rings is 1. The number of ether oxygens (including phenoxy) is 1. The van der Waals surface area contributed by atoms with Gasteiger partial charge in [-0.25, -0.2) is 13.1 Å². The Bertz CT molecular complexity index is 589. The van der Waals surface area contributed by atoms with Crippen LogP contribution in [0.3, 0.4) is 0 Å². The molecule has 5 nitrogen and oxygen atoms in total. The molecule has 0 aromatic heterocycles. The minimum absolute atomic E-state index is 0.126. The molecule has 1 aromatic rings. The predicted octanol–water partition coefficient (Wildman–Crippen LogP) is 3.25. The number of hydrogen-bond donors (Lipinski definition) is 1. The third kappa shape index (κ3) is 6.41. The molecule has 23 heavy (non-hydrogen) atoms. The molecule has 0 saturated heterocycles. The fourth-order valence-electron chi connectivity index (χ4n) is 2.41. The van der Waals surface area contributed by atoms with Crippen LogP contribution >= 0.6 is 15.9 Å². The maximum atomic E-state index is 12.6. The Balaban J connectivity index is 2.69. The van der Waals surface area contributed by atoms with E-state index in [1.807, 2.05) is 6.92 Å². The quantitative estimate of drug-likeness (QED) is 0.647. The summed E-state index contributed by atoms with van der Waals surface area (Å²) in [5.74, 6) is 0.344. The van der Waals surface area contributed by atoms with Crippen molar-refractivity contribution in [1.29, 1.82) is 0 Å². The molecule has 0 fully saturated rings. The van der Waals surface area contributed by atoms with Crippen molar-refractivity contribution in [3.63, 3.8) is 0 Å². The molecule has 1 atom stereocenters. The van der Waals surface area contributed by atoms with Gasteiger partial charge >= 0.3 is 0 Å². The van der Waals surface area contributed by atoms with Crippen LogP contribution in [-0.4, -0.2) is 46.1 Å². The van der Waals surface area contributed by atoms with Crippen LogP contribution in [0.4, 0.5) is 0 Å². The number of sulfonamides is 1. The highest BCUT2D eigenvalue weighted by atomic mass is 79.9. The van der Waals surface area contributed by atoms with Gasteiger partial charge in [-0.3, -0.25) is 0 Å². The highest BCUT2D eigenvalue weighted by molar-refractivity contribution is 9.10. The third-order valence-electron chi connectivity index (χ3n) is 3.78. The molecule has 0 spiro atoms. The average molecular weight is 407 g/mol. The molecule has 1 rings (SSSR count). The van der Waals surface area contributed by atoms with Crippen LogP contribution in [0.15, 0.2) is 27.6 Å². The Morgan fingerprint density at radius 2 is 1.96 bits per heavy atom. The molecule has 1 unspecified atom stereocenters. The van der Waals surface area contributed by atoms with Crippen LogP contribution in [0, 0.1) is 0 Å². The molecule has 0 amide bonds. The highest BCUT2D eigenvalue weighted by Gasteiger charge is 2.22. The second-order valence-electron chi connectivity index (χ2n) is 5.49. The zero-order valence-electron chi connectivity index (χ0n) is 14.3. The Kier molecular flexibility index (Phi) is 8.53. The van der Waals surface area contributed by atoms with Gasteiger partial charge in [-0.15, -0.1) is 0 Å². The lowest BCUT2D eigenvalue weighted by atomic mass is 10.2. The molecule has 0 saturated carbocycles. The van der Waals surface area contributed by atoms with Crippen molar-refractivity contribution in [2.24, 2.45) is 0 Å². The number of nitrogens with one attached hydrogen (secondary N) is 1. The van der Waals surface area contributed by atoms with Crippen molar-refractivity contribution in [2.45, 2.75) is 44.6 Å². The van der Waals surface area contributed by atoms with E-state index in [1.54, 1.807) is 18.2 Å². The first-order valence-electron chi connectivity index (χ1n) is 7.92. The topological polar surface area (TPSA) is 58.6 Å². The van der Waals surface area contributed by atoms with Crippen LogP contribution in [0.2, 0.25) is 0 Å². The van der Waals surface area contributed by atoms with Crippen molar-refractivity contribution < 1.29 is 13.2 Å². The molecule has 0 aliphatic carbocycles. The summed E-state index contributed by atoms with van der Waals surface area (Å²) in [6, 6.07) is 4.83. The second-order valence-corrected chi connectivity index (χ2v) is 8.08. The van der Waals surface area contributed by atoms with Gasteiger partial charge in [-0.05, 0) is 57.6 Å². The maximum Gasteiger partial charge on any atom is 0.244 e. The second kappa shape index (κ2) is 9.61. The Hall–Kier alpha value is -0.630. The van der Waals surface area contributed by atoms with Gasteiger partial charge in [0, 0.05) is 10.5 Å². The molecule has 0 aliphatic heterocycles. The van der Waals surface area contributed by atoms with Gasteiger partial charge in [0.05, 0.1) is 7.11 Å². The molecule has 132 valence electrons. The fourth-order valence-corrected chi connectivity index (χ4v) is 4.39. The minimum atomic E-state index is -3.61. The first-order valence-corrected chi connectivity index (χ1v) is 10.2. The molecule has 0 radical (unpaired) electrons. The molecule has 1 aromatic carbocycles. The number of rotatable bonds is 10. The van der Waals surface area contributed by atoms with Crippen molar-refractivity contribution in [3.8, 4) is 5.75 Å². The van der Waals surface area contributed by atoms with Crippen molar-refractivity contribution >= 4 is 26.0 Å². The van der Waals surface area contributed by atoms with Crippen molar-refractivity contribution in [2.75, 3.05) is 26.7 Å². The highest BCUT2D eigenvalue weighted by Crippen LogP contribution is 2.27. The Morgan fingerprint density at radius 3 is 2.52 bits per heavy atom. The summed E-state index contributed by atoms with van der Waals surface area (Å²) in [7, 11) is -2.14. The summed E-state index contributed by atoms with van der Waals surface area (Å²) in [4.78, 5) is 2.49. The standard InChI is InChI=1S/C16H27BrN2O3S/c1-5-19(6-2)11-7-8-13(3)18-23(20,21)16-12-14(17)9-10-15(16)22-4/h9-10,12-13,18H,5-8,11H2,1-4H3. The molecular formula is C16H27BrN2O3S. The van der Waals surface area contributed by atoms with Gasteiger partial charge in [0.2, 0.25) is 10.0 Å². The summed E-state index contributed by atoms with van der Waals surface area (Å²) in [6.45, 7) is 9.19. The van der Waals surface area contributed by atoms with E-state index in [0.717, 1.165) is 32.5 Å². The van der Waals surface area contributed by atoms with E-state index in [0.29, 0.717) is 10.2 Å². The van der Waals surface area contributed by atoms with Crippen LogP contribution in [0.25, 0.3) is 0 Å². The normalized spacial score (nSPS) is 13.3. The van der Waals surface area contributed by atoms with Crippen LogP contribution in [0.5, 0.6) is 5.75 Å². The van der Waals surface area contributed by atoms with E-state index in [9.17, 15) is 8.42 Å². The SMILES string of the molecule is CCN(CC)CCCC(C)NS(=O)(=O)c1cc(Br)ccc1OC. The Morgan fingerprint density at radius 1 is 1.30 bits per heavy atom. The van der Waals surface area contributed by atoms with Gasteiger partial charge in [0.25, 0.3) is 0 Å². The number of halogens is 1. The average Bonchev–Trinajstić information content (AvgIpc) is 2.51. The lowest BCUT2D eigenvalue weighted by Crippen LogP contribution is -2.34. The molecule has 7 heteroatoms. The molecular weight excluding hydrogens is 380 g/mol. The van der Waals surface area contributed by atoms with Gasteiger partial charge < -0.3 is 9.64 Å². The van der Waals surface area contributed by atoms with E-state index in [1.165, 1.54) is 7.11 Å². The first-order chi connectivity index (χ1) is 10.8. The summed E-state index contributed by atoms with van der Waals surface area (Å²) in [6.07, 6.45) is 1.76. The summed E-state index contributed by atoms with van der Waals surface area (Å²) >= 11 is 3.30. The minimum Gasteiger partial charge on any atom is -0.495 e. The third-order valence-corrected chi connectivity index (χ3v) is 5.88. The molecule has 0 aliphatic rings. The van der Waals surface area contributed by atoms with Crippen molar-refractivity contribution in [3.05, 3.63) is 22.7 Å². The van der Waals surface area contributed by atoms with Gasteiger partial charge in [-0.2, -0.15) is 0 Å². The van der Waals surface area contributed by atoms with Crippen LogP contribution in [0.1, 0.15) is 33.6 Å². The largest absolute Gasteiger partial charge is 0.495 e. The Labute approximate surface area is 148 Å². The zero-order valence-corrected chi connectivity index (χ0v) is 16.7. The van der Waals surface area contributed by atoms with E-state index < -0.39 is 10.0 Å². The van der Waals surface area contributed by atoms with Gasteiger partial charge in [0.1, 0.15) is 10.6 Å². The number of hydrogen-bond acceptors (Lipinski definition) is 4. The lowest BCUT2D eigenvalue weighted by Gasteiger charge is -2.20. The monoisotopic (exact) mass is 406 g/mol. The van der Waals surface area contributed by atoms with E-state index in [4.69, 9.17) is 4.74 Å². The molecule has 0 heterocycles. The summed E-state index contributed by atoms with van der Waals surface area (Å²) < 4.78 is 33.7. The number of methoxy groups -OCH3 is 1. The smallest absolute Gasteiger partial charge is 0.244 e. The zero-order chi connectivity index (χ0) is 17.5. The maximum absolute atomic E-state index is 12.6. The van der Waals surface area contributed by atoms with E-state index in [-0.39, 0.29) is 10.9 Å². The van der Waals surface area contributed by atoms with Crippen molar-refractivity contribution in [1.82, 2.24) is 9.62 Å². The fraction of sp³-hybridized carbons (Fsp3) is 0.625. The van der Waals surface area contributed by atoms with Crippen LogP contribution in [-0.2, 0) is 10.0 Å². The lowest BCUT2D eigenvalue weighted by molar-refractivity contribution is 0.293. The van der Waals surface area contributed by atoms with Crippen LogP contribution < -0.4 is 9.46 Å². The molecule has 1 N–H and O–H groups in total. The predicted molar refractivity (Wildman–Crippen MR) is 97.5 cm³/mol. The van der Waals surface area contributed by atoms with Gasteiger partial charge in [-0.1, -0.05) is 29.8 Å².